The summed E-state index contributed by atoms with van der Waals surface area (Å²) in [7, 11) is 0. The molecule has 1 aromatic heterocycles. The molecule has 142 valence electrons. The lowest BCUT2D eigenvalue weighted by atomic mass is 9.87. The Morgan fingerprint density at radius 1 is 1.35 bits per heavy atom. The monoisotopic (exact) mass is 457 g/mol. The van der Waals surface area contributed by atoms with Gasteiger partial charge in [0.2, 0.25) is 5.13 Å². The van der Waals surface area contributed by atoms with Crippen molar-refractivity contribution in [3.8, 4) is 5.75 Å². The Labute approximate surface area is 171 Å². The molecule has 0 radical (unpaired) electrons. The van der Waals surface area contributed by atoms with E-state index in [0.29, 0.717) is 16.8 Å². The molecule has 0 bridgehead atoms. The largest absolute Gasteiger partial charge is 0.483 e. The summed E-state index contributed by atoms with van der Waals surface area (Å²) < 4.78 is 7.31. The van der Waals surface area contributed by atoms with Gasteiger partial charge in [0, 0.05) is 5.75 Å². The highest BCUT2D eigenvalue weighted by Gasteiger charge is 2.16. The summed E-state index contributed by atoms with van der Waals surface area (Å²) in [5.74, 6) is 1.94. The van der Waals surface area contributed by atoms with Crippen LogP contribution in [0.2, 0.25) is 0 Å². The molecular formula is C18H24BrN3O2S2. The Hall–Kier alpha value is -1.12. The third-order valence-corrected chi connectivity index (χ3v) is 6.37. The van der Waals surface area contributed by atoms with Crippen molar-refractivity contribution < 1.29 is 9.53 Å². The number of amides is 1. The number of anilines is 1. The molecule has 0 saturated heterocycles. The molecule has 1 heterocycles. The van der Waals surface area contributed by atoms with Crippen LogP contribution in [-0.4, -0.2) is 28.5 Å². The molecule has 8 heteroatoms. The summed E-state index contributed by atoms with van der Waals surface area (Å²) in [6.45, 7) is 10.7. The van der Waals surface area contributed by atoms with E-state index in [1.807, 2.05) is 18.2 Å². The fraction of sp³-hybridized carbons (Fsp3) is 0.500. The zero-order valence-electron chi connectivity index (χ0n) is 15.6. The van der Waals surface area contributed by atoms with Crippen LogP contribution >= 0.6 is 39.0 Å². The second kappa shape index (κ2) is 9.19. The molecule has 2 rings (SSSR count). The molecule has 0 spiro atoms. The summed E-state index contributed by atoms with van der Waals surface area (Å²) in [6.07, 6.45) is 0. The first kappa shape index (κ1) is 21.2. The van der Waals surface area contributed by atoms with Gasteiger partial charge in [-0.25, -0.2) is 0 Å². The Balaban J connectivity index is 1.87. The van der Waals surface area contributed by atoms with Gasteiger partial charge in [-0.3, -0.25) is 10.1 Å². The van der Waals surface area contributed by atoms with Gasteiger partial charge in [-0.15, -0.1) is 10.2 Å². The minimum Gasteiger partial charge on any atom is -0.483 e. The van der Waals surface area contributed by atoms with Crippen LogP contribution in [0, 0.1) is 5.92 Å². The molecule has 5 nitrogen and oxygen atoms in total. The Morgan fingerprint density at radius 3 is 2.69 bits per heavy atom. The van der Waals surface area contributed by atoms with E-state index >= 15 is 0 Å². The molecule has 0 aliphatic rings. The number of benzene rings is 1. The fourth-order valence-corrected chi connectivity index (χ4v) is 4.18. The van der Waals surface area contributed by atoms with Crippen molar-refractivity contribution in [1.29, 1.82) is 0 Å². The molecule has 1 aromatic carbocycles. The van der Waals surface area contributed by atoms with Crippen molar-refractivity contribution in [2.24, 2.45) is 5.92 Å². The van der Waals surface area contributed by atoms with Gasteiger partial charge in [0.15, 0.2) is 10.9 Å². The summed E-state index contributed by atoms with van der Waals surface area (Å²) >= 11 is 6.53. The molecule has 26 heavy (non-hydrogen) atoms. The quantitative estimate of drug-likeness (QED) is 0.447. The third kappa shape index (κ3) is 6.55. The molecule has 0 saturated carbocycles. The number of nitrogens with one attached hydrogen (secondary N) is 1. The first-order valence-electron chi connectivity index (χ1n) is 8.34. The van der Waals surface area contributed by atoms with Gasteiger partial charge in [-0.2, -0.15) is 0 Å². The summed E-state index contributed by atoms with van der Waals surface area (Å²) in [4.78, 5) is 12.1. The second-order valence-electron chi connectivity index (χ2n) is 7.31. The molecule has 2 aromatic rings. The number of hydrogen-bond donors (Lipinski definition) is 1. The van der Waals surface area contributed by atoms with Crippen LogP contribution in [0.25, 0.3) is 0 Å². The topological polar surface area (TPSA) is 64.1 Å². The highest BCUT2D eigenvalue weighted by molar-refractivity contribution is 9.10. The van der Waals surface area contributed by atoms with E-state index < -0.39 is 0 Å². The predicted octanol–water partition coefficient (Wildman–Crippen LogP) is 5.36. The van der Waals surface area contributed by atoms with E-state index in [4.69, 9.17) is 4.74 Å². The number of hydrogen-bond acceptors (Lipinski definition) is 6. The lowest BCUT2D eigenvalue weighted by molar-refractivity contribution is -0.118. The van der Waals surface area contributed by atoms with Crippen molar-refractivity contribution in [1.82, 2.24) is 10.2 Å². The smallest absolute Gasteiger partial charge is 0.264 e. The number of rotatable bonds is 7. The molecule has 0 atom stereocenters. The zero-order chi connectivity index (χ0) is 19.3. The number of nitrogens with zero attached hydrogens (tertiary/aromatic N) is 2. The number of aromatic nitrogens is 2. The lowest BCUT2D eigenvalue weighted by Gasteiger charge is -2.20. The Bertz CT molecular complexity index is 757. The minimum atomic E-state index is -0.256. The molecule has 0 aliphatic carbocycles. The van der Waals surface area contributed by atoms with Gasteiger partial charge in [0.05, 0.1) is 4.47 Å². The van der Waals surface area contributed by atoms with Crippen molar-refractivity contribution in [2.45, 2.75) is 44.4 Å². The van der Waals surface area contributed by atoms with Crippen molar-refractivity contribution in [3.05, 3.63) is 28.2 Å². The highest BCUT2D eigenvalue weighted by Crippen LogP contribution is 2.31. The molecule has 1 amide bonds. The lowest BCUT2D eigenvalue weighted by Crippen LogP contribution is -2.20. The normalized spacial score (nSPS) is 11.7. The van der Waals surface area contributed by atoms with Crippen molar-refractivity contribution in [2.75, 3.05) is 17.7 Å². The maximum absolute atomic E-state index is 12.1. The van der Waals surface area contributed by atoms with E-state index in [2.05, 4.69) is 66.1 Å². The summed E-state index contributed by atoms with van der Waals surface area (Å²) in [5, 5.41) is 11.3. The number of carbonyl (C=O) groups excluding carboxylic acids is 1. The number of halogens is 1. The van der Waals surface area contributed by atoms with Gasteiger partial charge in [-0.1, -0.05) is 63.8 Å². The van der Waals surface area contributed by atoms with Crippen molar-refractivity contribution >= 4 is 50.1 Å². The van der Waals surface area contributed by atoms with E-state index in [0.717, 1.165) is 14.6 Å². The van der Waals surface area contributed by atoms with Gasteiger partial charge in [0.1, 0.15) is 5.75 Å². The first-order valence-corrected chi connectivity index (χ1v) is 10.9. The van der Waals surface area contributed by atoms with Crippen molar-refractivity contribution in [3.63, 3.8) is 0 Å². The van der Waals surface area contributed by atoms with Gasteiger partial charge < -0.3 is 4.74 Å². The standard InChI is InChI=1S/C18H24BrN3O2S2/c1-11(2)10-25-17-22-21-16(26-17)20-15(23)9-24-14-7-6-12(8-13(14)19)18(3,4)5/h6-8,11H,9-10H2,1-5H3,(H,20,21,23). The maximum Gasteiger partial charge on any atom is 0.264 e. The highest BCUT2D eigenvalue weighted by atomic mass is 79.9. The van der Waals surface area contributed by atoms with Crippen LogP contribution in [0.1, 0.15) is 40.2 Å². The number of carbonyl (C=O) groups is 1. The minimum absolute atomic E-state index is 0.0571. The van der Waals surface area contributed by atoms with E-state index in [1.54, 1.807) is 11.8 Å². The maximum atomic E-state index is 12.1. The molecule has 0 unspecified atom stereocenters. The number of ether oxygens (including phenoxy) is 1. The predicted molar refractivity (Wildman–Crippen MR) is 112 cm³/mol. The van der Waals surface area contributed by atoms with Crippen LogP contribution in [0.4, 0.5) is 5.13 Å². The zero-order valence-corrected chi connectivity index (χ0v) is 18.8. The van der Waals surface area contributed by atoms with Crippen LogP contribution in [0.3, 0.4) is 0 Å². The molecule has 1 N–H and O–H groups in total. The fourth-order valence-electron chi connectivity index (χ4n) is 1.94. The summed E-state index contributed by atoms with van der Waals surface area (Å²) in [5.41, 5.74) is 1.25. The van der Waals surface area contributed by atoms with E-state index in [-0.39, 0.29) is 17.9 Å². The van der Waals surface area contributed by atoms with Crippen LogP contribution in [0.5, 0.6) is 5.75 Å². The van der Waals surface area contributed by atoms with Crippen LogP contribution in [0.15, 0.2) is 27.0 Å². The third-order valence-electron chi connectivity index (χ3n) is 3.35. The molecular weight excluding hydrogens is 434 g/mol. The average Bonchev–Trinajstić information content (AvgIpc) is 2.98. The molecule has 0 fully saturated rings. The average molecular weight is 458 g/mol. The van der Waals surface area contributed by atoms with Crippen LogP contribution < -0.4 is 10.1 Å². The Morgan fingerprint density at radius 2 is 2.08 bits per heavy atom. The first-order chi connectivity index (χ1) is 12.1. The van der Waals surface area contributed by atoms with Gasteiger partial charge in [0.25, 0.3) is 5.91 Å². The summed E-state index contributed by atoms with van der Waals surface area (Å²) in [6, 6.07) is 5.92. The second-order valence-corrected chi connectivity index (χ2v) is 10.4. The SMILES string of the molecule is CC(C)CSc1nnc(NC(=O)COc2ccc(C(C)(C)C)cc2Br)s1. The Kier molecular flexibility index (Phi) is 7.49. The van der Waals surface area contributed by atoms with E-state index in [1.165, 1.54) is 16.9 Å². The number of thioether (sulfide) groups is 1. The van der Waals surface area contributed by atoms with Gasteiger partial charge in [-0.05, 0) is 45.0 Å². The van der Waals surface area contributed by atoms with E-state index in [9.17, 15) is 4.79 Å². The van der Waals surface area contributed by atoms with Crippen LogP contribution in [-0.2, 0) is 10.2 Å². The van der Waals surface area contributed by atoms with Gasteiger partial charge >= 0.3 is 0 Å². The molecule has 0 aliphatic heterocycles.